The Bertz CT molecular complexity index is 1700. The van der Waals surface area contributed by atoms with Crippen LogP contribution in [0.4, 0.5) is 4.39 Å². The summed E-state index contributed by atoms with van der Waals surface area (Å²) in [6.07, 6.45) is 5.32. The summed E-state index contributed by atoms with van der Waals surface area (Å²) < 4.78 is 15.0. The van der Waals surface area contributed by atoms with Crippen LogP contribution in [0.1, 0.15) is 77.5 Å². The number of fused-ring (bicyclic) bond motifs is 1. The Morgan fingerprint density at radius 1 is 1.09 bits per heavy atom. The molecule has 2 aromatic rings. The van der Waals surface area contributed by atoms with Crippen molar-refractivity contribution in [1.29, 1.82) is 0 Å². The van der Waals surface area contributed by atoms with E-state index in [-0.39, 0.29) is 40.4 Å². The van der Waals surface area contributed by atoms with Crippen molar-refractivity contribution in [2.24, 2.45) is 10.9 Å². The highest BCUT2D eigenvalue weighted by atomic mass is 35.5. The molecule has 0 N–H and O–H groups in total. The Balaban J connectivity index is 1.27. The van der Waals surface area contributed by atoms with E-state index in [1.807, 2.05) is 35.8 Å². The van der Waals surface area contributed by atoms with E-state index in [0.29, 0.717) is 33.8 Å². The molecule has 5 heterocycles. The quantitative estimate of drug-likeness (QED) is 0.319. The summed E-state index contributed by atoms with van der Waals surface area (Å²) in [6.45, 7) is 11.8. The average Bonchev–Trinajstić information content (AvgIpc) is 3.42. The molecule has 0 radical (unpaired) electrons. The summed E-state index contributed by atoms with van der Waals surface area (Å²) in [4.78, 5) is 47.6. The SMILES string of the molecule is CC(C)C1=C(C(=O)N2[C@H](C)CC[C@@H]2C(=O)N2CC3(CC3)N(C)C[C@H]2C)SC2=N[C@@](C)(c3ccc(Cl)nc3)[C@@H](c3ccc(Cl)c(F)c3)N21. The first kappa shape index (κ1) is 32.9. The van der Waals surface area contributed by atoms with Crippen LogP contribution < -0.4 is 0 Å². The number of halogens is 3. The third kappa shape index (κ3) is 5.29. The second-order valence-electron chi connectivity index (χ2n) is 14.4. The Kier molecular flexibility index (Phi) is 8.21. The Morgan fingerprint density at radius 2 is 1.83 bits per heavy atom. The van der Waals surface area contributed by atoms with Gasteiger partial charge in [-0.1, -0.05) is 49.2 Å². The number of pyridine rings is 1. The Hall–Kier alpha value is -2.66. The van der Waals surface area contributed by atoms with Crippen LogP contribution in [0.15, 0.2) is 52.1 Å². The van der Waals surface area contributed by atoms with Crippen LogP contribution in [0.3, 0.4) is 0 Å². The van der Waals surface area contributed by atoms with E-state index in [9.17, 15) is 9.59 Å². The number of rotatable bonds is 5. The van der Waals surface area contributed by atoms with Crippen LogP contribution >= 0.6 is 35.0 Å². The van der Waals surface area contributed by atoms with E-state index < -0.39 is 23.4 Å². The molecule has 8 nitrogen and oxygen atoms in total. The summed E-state index contributed by atoms with van der Waals surface area (Å²) in [5, 5.41) is 1.06. The lowest BCUT2D eigenvalue weighted by molar-refractivity contribution is -0.147. The first-order chi connectivity index (χ1) is 22.3. The lowest BCUT2D eigenvalue weighted by atomic mass is 9.81. The summed E-state index contributed by atoms with van der Waals surface area (Å²) in [7, 11) is 2.16. The van der Waals surface area contributed by atoms with Crippen LogP contribution in [0.2, 0.25) is 10.2 Å². The van der Waals surface area contributed by atoms with Crippen LogP contribution in [0, 0.1) is 11.7 Å². The number of hydrogen-bond donors (Lipinski definition) is 0. The molecule has 4 aliphatic heterocycles. The average molecular weight is 700 g/mol. The first-order valence-electron chi connectivity index (χ1n) is 16.5. The van der Waals surface area contributed by atoms with Crippen molar-refractivity contribution in [2.75, 3.05) is 20.1 Å². The van der Waals surface area contributed by atoms with Gasteiger partial charge in [-0.05, 0) is 94.9 Å². The maximum absolute atomic E-state index is 15.0. The number of carbonyl (C=O) groups excluding carboxylic acids is 2. The number of hydrogen-bond acceptors (Lipinski definition) is 7. The topological polar surface area (TPSA) is 72.4 Å². The van der Waals surface area contributed by atoms with Crippen molar-refractivity contribution < 1.29 is 14.0 Å². The highest BCUT2D eigenvalue weighted by Gasteiger charge is 2.56. The lowest BCUT2D eigenvalue weighted by Crippen LogP contribution is -2.62. The number of amidine groups is 1. The number of thioether (sulfide) groups is 1. The number of amides is 2. The van der Waals surface area contributed by atoms with Crippen LogP contribution in [-0.2, 0) is 15.1 Å². The molecule has 47 heavy (non-hydrogen) atoms. The van der Waals surface area contributed by atoms with Crippen molar-refractivity contribution in [3.8, 4) is 0 Å². The minimum absolute atomic E-state index is 0.0371. The summed E-state index contributed by atoms with van der Waals surface area (Å²) in [5.74, 6) is -0.679. The summed E-state index contributed by atoms with van der Waals surface area (Å²) in [5.41, 5.74) is 1.52. The molecule has 1 aliphatic carbocycles. The Labute approximate surface area is 290 Å². The molecule has 7 rings (SSSR count). The number of likely N-dealkylation sites (N-methyl/N-ethyl adjacent to an activating group) is 1. The zero-order chi connectivity index (χ0) is 33.6. The maximum Gasteiger partial charge on any atom is 0.263 e. The number of likely N-dealkylation sites (tertiary alicyclic amines) is 1. The third-order valence-electron chi connectivity index (χ3n) is 11.0. The number of carbonyl (C=O) groups is 2. The van der Waals surface area contributed by atoms with Gasteiger partial charge >= 0.3 is 0 Å². The van der Waals surface area contributed by atoms with Gasteiger partial charge in [0.1, 0.15) is 27.5 Å². The molecule has 3 fully saturated rings. The van der Waals surface area contributed by atoms with E-state index in [1.165, 1.54) is 17.8 Å². The maximum atomic E-state index is 15.0. The van der Waals surface area contributed by atoms with E-state index in [1.54, 1.807) is 18.3 Å². The van der Waals surface area contributed by atoms with Crippen molar-refractivity contribution in [1.82, 2.24) is 24.6 Å². The lowest BCUT2D eigenvalue weighted by Gasteiger charge is -2.46. The van der Waals surface area contributed by atoms with E-state index in [2.05, 4.69) is 42.6 Å². The molecule has 12 heteroatoms. The van der Waals surface area contributed by atoms with Gasteiger partial charge in [0.2, 0.25) is 5.91 Å². The molecule has 250 valence electrons. The summed E-state index contributed by atoms with van der Waals surface area (Å²) >= 11 is 13.6. The van der Waals surface area contributed by atoms with Gasteiger partial charge in [-0.2, -0.15) is 0 Å². The molecule has 0 bridgehead atoms. The van der Waals surface area contributed by atoms with Gasteiger partial charge in [0.05, 0.1) is 11.1 Å². The molecular weight excluding hydrogens is 658 g/mol. The number of allylic oxidation sites excluding steroid dienone is 1. The molecule has 1 aromatic heterocycles. The molecule has 1 saturated carbocycles. The minimum atomic E-state index is -0.870. The van der Waals surface area contributed by atoms with Gasteiger partial charge in [-0.15, -0.1) is 0 Å². The fourth-order valence-corrected chi connectivity index (χ4v) is 9.71. The highest BCUT2D eigenvalue weighted by molar-refractivity contribution is 8.18. The van der Waals surface area contributed by atoms with Gasteiger partial charge in [0.25, 0.3) is 5.91 Å². The summed E-state index contributed by atoms with van der Waals surface area (Å²) in [6, 6.07) is 7.45. The molecule has 5 aliphatic rings. The largest absolute Gasteiger partial charge is 0.335 e. The van der Waals surface area contributed by atoms with Crippen molar-refractivity contribution in [3.63, 3.8) is 0 Å². The van der Waals surface area contributed by atoms with Gasteiger partial charge < -0.3 is 14.7 Å². The molecule has 2 amide bonds. The Morgan fingerprint density at radius 3 is 2.47 bits per heavy atom. The van der Waals surface area contributed by atoms with Gasteiger partial charge in [0, 0.05) is 48.2 Å². The number of nitrogens with zero attached hydrogens (tertiary/aromatic N) is 6. The monoisotopic (exact) mass is 698 g/mol. The molecule has 5 atom stereocenters. The number of piperazine rings is 1. The normalized spacial score (nSPS) is 30.1. The fourth-order valence-electron chi connectivity index (χ4n) is 8.13. The number of aliphatic imine (C=N–C) groups is 1. The van der Waals surface area contributed by atoms with Gasteiger partial charge in [-0.25, -0.2) is 14.4 Å². The number of benzene rings is 1. The minimum Gasteiger partial charge on any atom is -0.335 e. The molecular formula is C35H41Cl2FN6O2S. The zero-order valence-electron chi connectivity index (χ0n) is 27.6. The van der Waals surface area contributed by atoms with Crippen molar-refractivity contribution >= 4 is 51.9 Å². The van der Waals surface area contributed by atoms with Crippen LogP contribution in [0.5, 0.6) is 0 Å². The second kappa shape index (κ2) is 11.7. The van der Waals surface area contributed by atoms with E-state index >= 15 is 4.39 Å². The number of aromatic nitrogens is 1. The predicted molar refractivity (Wildman–Crippen MR) is 185 cm³/mol. The van der Waals surface area contributed by atoms with Gasteiger partial charge in [-0.3, -0.25) is 14.5 Å². The van der Waals surface area contributed by atoms with Gasteiger partial charge in [0.15, 0.2) is 5.17 Å². The molecule has 2 saturated heterocycles. The third-order valence-corrected chi connectivity index (χ3v) is 12.6. The predicted octanol–water partition coefficient (Wildman–Crippen LogP) is 6.84. The van der Waals surface area contributed by atoms with Crippen molar-refractivity contribution in [3.05, 3.63) is 74.3 Å². The molecule has 1 aromatic carbocycles. The van der Waals surface area contributed by atoms with Crippen molar-refractivity contribution in [2.45, 2.75) is 95.5 Å². The van der Waals surface area contributed by atoms with Crippen LogP contribution in [-0.4, -0.2) is 85.4 Å². The van der Waals surface area contributed by atoms with E-state index in [0.717, 1.165) is 37.1 Å². The molecule has 1 spiro atoms. The zero-order valence-corrected chi connectivity index (χ0v) is 30.0. The van der Waals surface area contributed by atoms with E-state index in [4.69, 9.17) is 28.2 Å². The molecule has 0 unspecified atom stereocenters. The van der Waals surface area contributed by atoms with Crippen LogP contribution in [0.25, 0.3) is 0 Å². The first-order valence-corrected chi connectivity index (χ1v) is 18.1. The standard InChI is InChI=1S/C35H41Cl2FN6O2S/c1-19(2)28-29(32(46)43-20(3)7-11-26(43)31(45)42-18-35(13-14-35)41(6)17-21(42)4)47-33-40-34(5,23-9-12-27(37)39-16-23)30(44(28)33)22-8-10-24(36)25(38)15-22/h8-10,12,15-16,19-21,26,30H,7,11,13-14,17-18H2,1-6H3/t20-,21-,26-,30-,34+/m1/s1. The highest BCUT2D eigenvalue weighted by Crippen LogP contribution is 2.56. The second-order valence-corrected chi connectivity index (χ2v) is 16.2. The fraction of sp³-hybridized carbons (Fsp3) is 0.543. The smallest absolute Gasteiger partial charge is 0.263 e.